The molecule has 1 heteroatoms. The Labute approximate surface area is 171 Å². The van der Waals surface area contributed by atoms with Crippen molar-refractivity contribution in [1.82, 2.24) is 0 Å². The van der Waals surface area contributed by atoms with E-state index in [-0.39, 0.29) is 26.2 Å². The van der Waals surface area contributed by atoms with Gasteiger partial charge in [0.15, 0.2) is 0 Å². The van der Waals surface area contributed by atoms with Gasteiger partial charge in [0.25, 0.3) is 0 Å². The Balaban J connectivity index is 0.00000182. The Morgan fingerprint density at radius 3 is 2.36 bits per heavy atom. The van der Waals surface area contributed by atoms with Crippen molar-refractivity contribution >= 4 is 10.8 Å². The third-order valence-corrected chi connectivity index (χ3v) is 5.78. The van der Waals surface area contributed by atoms with E-state index in [1.165, 1.54) is 71.6 Å². The summed E-state index contributed by atoms with van der Waals surface area (Å²) >= 11 is 0. The second-order valence-electron chi connectivity index (χ2n) is 7.70. The second-order valence-corrected chi connectivity index (χ2v) is 7.70. The number of fused-ring (bicyclic) bond motifs is 1. The van der Waals surface area contributed by atoms with E-state index >= 15 is 0 Å². The molecule has 0 spiro atoms. The maximum Gasteiger partial charge on any atom is 0 e. The normalized spacial score (nSPS) is 15.3. The van der Waals surface area contributed by atoms with Crippen molar-refractivity contribution in [3.05, 3.63) is 65.2 Å². The molecule has 3 aromatic rings. The van der Waals surface area contributed by atoms with Gasteiger partial charge >= 0.3 is 0 Å². The van der Waals surface area contributed by atoms with Crippen LogP contribution in [-0.4, -0.2) is 0 Å². The smallest absolute Gasteiger partial charge is 0 e. The molecule has 1 aliphatic carbocycles. The van der Waals surface area contributed by atoms with Crippen molar-refractivity contribution in [2.24, 2.45) is 5.92 Å². The van der Waals surface area contributed by atoms with Crippen molar-refractivity contribution in [3.63, 3.8) is 0 Å². The van der Waals surface area contributed by atoms with Gasteiger partial charge in [-0.05, 0) is 24.8 Å². The number of hydrogen-bond donors (Lipinski definition) is 0. The Hall–Kier alpha value is -1.07. The predicted molar refractivity (Wildman–Crippen MR) is 105 cm³/mol. The zero-order chi connectivity index (χ0) is 16.5. The first kappa shape index (κ1) is 18.7. The van der Waals surface area contributed by atoms with Gasteiger partial charge in [0, 0.05) is 26.2 Å². The molecule has 3 aromatic carbocycles. The van der Waals surface area contributed by atoms with E-state index in [2.05, 4.69) is 62.4 Å². The van der Waals surface area contributed by atoms with Gasteiger partial charge in [-0.25, -0.2) is 0 Å². The first-order valence-corrected chi connectivity index (χ1v) is 9.47. The van der Waals surface area contributed by atoms with E-state index in [9.17, 15) is 0 Å². The minimum atomic E-state index is 0. The van der Waals surface area contributed by atoms with Crippen LogP contribution in [0.5, 0.6) is 0 Å². The number of rotatable bonds is 3. The fraction of sp³-hybridized carbons (Fsp3) is 0.375. The van der Waals surface area contributed by atoms with Crippen LogP contribution in [0, 0.1) is 19.8 Å². The van der Waals surface area contributed by atoms with Crippen LogP contribution in [0.3, 0.4) is 0 Å². The molecule has 0 aliphatic heterocycles. The molecule has 4 rings (SSSR count). The standard InChI is InChI=1S/C24H27.Zr/c1-17-8-11-21(12-9-17)22-13-10-18(2)23-15-20(16-24(22)23)14-19-6-4-3-5-7-19;/h8-13,15-16,19H,3-7,14H2,1-2H3;/q-1;. The van der Waals surface area contributed by atoms with Gasteiger partial charge in [-0.1, -0.05) is 80.5 Å². The quantitative estimate of drug-likeness (QED) is 0.412. The molecule has 0 nitrogen and oxygen atoms in total. The monoisotopic (exact) mass is 405 g/mol. The van der Waals surface area contributed by atoms with Gasteiger partial charge in [0.2, 0.25) is 0 Å². The summed E-state index contributed by atoms with van der Waals surface area (Å²) in [5, 5.41) is 2.88. The topological polar surface area (TPSA) is 0 Å². The summed E-state index contributed by atoms with van der Waals surface area (Å²) in [5.74, 6) is 0.902. The van der Waals surface area contributed by atoms with E-state index in [1.807, 2.05) is 0 Å². The van der Waals surface area contributed by atoms with E-state index in [4.69, 9.17) is 0 Å². The Kier molecular flexibility index (Phi) is 6.05. The maximum atomic E-state index is 2.46. The third kappa shape index (κ3) is 4.03. The van der Waals surface area contributed by atoms with Crippen LogP contribution in [-0.2, 0) is 32.6 Å². The molecule has 1 fully saturated rings. The van der Waals surface area contributed by atoms with Crippen molar-refractivity contribution in [3.8, 4) is 11.1 Å². The Morgan fingerprint density at radius 1 is 0.920 bits per heavy atom. The molecule has 25 heavy (non-hydrogen) atoms. The third-order valence-electron chi connectivity index (χ3n) is 5.78. The molecule has 0 aromatic heterocycles. The molecule has 0 radical (unpaired) electrons. The Bertz CT molecular complexity index is 832. The number of aryl methyl sites for hydroxylation is 2. The van der Waals surface area contributed by atoms with Crippen LogP contribution in [0.4, 0.5) is 0 Å². The van der Waals surface area contributed by atoms with Crippen LogP contribution < -0.4 is 0 Å². The van der Waals surface area contributed by atoms with Crippen molar-refractivity contribution in [2.75, 3.05) is 0 Å². The zero-order valence-electron chi connectivity index (χ0n) is 15.4. The van der Waals surface area contributed by atoms with Crippen LogP contribution in [0.1, 0.15) is 48.8 Å². The van der Waals surface area contributed by atoms with E-state index in [0.717, 1.165) is 5.92 Å². The molecule has 1 aliphatic rings. The molecule has 0 unspecified atom stereocenters. The van der Waals surface area contributed by atoms with Gasteiger partial charge in [-0.15, -0.1) is 34.0 Å². The van der Waals surface area contributed by atoms with Gasteiger partial charge < -0.3 is 0 Å². The molecule has 0 heterocycles. The minimum Gasteiger partial charge on any atom is -0.164 e. The van der Waals surface area contributed by atoms with Crippen LogP contribution in [0.25, 0.3) is 21.9 Å². The average molecular weight is 407 g/mol. The SMILES string of the molecule is Cc1ccc(-c2ccc(C)c3[cH-]c(CC4CCCCC4)cc23)cc1.[Zr]. The van der Waals surface area contributed by atoms with E-state index in [0.29, 0.717) is 0 Å². The summed E-state index contributed by atoms with van der Waals surface area (Å²) < 4.78 is 0. The number of hydrogen-bond acceptors (Lipinski definition) is 0. The van der Waals surface area contributed by atoms with Crippen molar-refractivity contribution in [2.45, 2.75) is 52.4 Å². The zero-order valence-corrected chi connectivity index (χ0v) is 17.9. The first-order chi connectivity index (χ1) is 11.7. The van der Waals surface area contributed by atoms with Crippen molar-refractivity contribution < 1.29 is 26.2 Å². The predicted octanol–water partition coefficient (Wildman–Crippen LogP) is 6.96. The molecular weight excluding hydrogens is 379 g/mol. The first-order valence-electron chi connectivity index (χ1n) is 9.47. The molecule has 0 saturated heterocycles. The number of benzene rings is 2. The molecular formula is C24H27Zr-. The fourth-order valence-electron chi connectivity index (χ4n) is 4.33. The largest absolute Gasteiger partial charge is 0.164 e. The molecule has 0 bridgehead atoms. The minimum absolute atomic E-state index is 0. The van der Waals surface area contributed by atoms with Crippen LogP contribution in [0.2, 0.25) is 0 Å². The second kappa shape index (κ2) is 8.09. The van der Waals surface area contributed by atoms with Gasteiger partial charge in [0.1, 0.15) is 0 Å². The summed E-state index contributed by atoms with van der Waals surface area (Å²) in [6, 6.07) is 18.4. The molecule has 128 valence electrons. The summed E-state index contributed by atoms with van der Waals surface area (Å²) in [4.78, 5) is 0. The van der Waals surface area contributed by atoms with E-state index in [1.54, 1.807) is 5.56 Å². The molecule has 1 saturated carbocycles. The molecule has 0 N–H and O–H groups in total. The van der Waals surface area contributed by atoms with Gasteiger partial charge in [-0.2, -0.15) is 6.07 Å². The van der Waals surface area contributed by atoms with Crippen LogP contribution >= 0.6 is 0 Å². The van der Waals surface area contributed by atoms with E-state index < -0.39 is 0 Å². The molecule has 0 amide bonds. The summed E-state index contributed by atoms with van der Waals surface area (Å²) in [5.41, 5.74) is 6.98. The summed E-state index contributed by atoms with van der Waals surface area (Å²) in [7, 11) is 0. The van der Waals surface area contributed by atoms with Crippen LogP contribution in [0.15, 0.2) is 48.5 Å². The summed E-state index contributed by atoms with van der Waals surface area (Å²) in [6.07, 6.45) is 8.41. The fourth-order valence-corrected chi connectivity index (χ4v) is 4.33. The molecule has 0 atom stereocenters. The Morgan fingerprint density at radius 2 is 1.64 bits per heavy atom. The summed E-state index contributed by atoms with van der Waals surface area (Å²) in [6.45, 7) is 4.39. The maximum absolute atomic E-state index is 2.46. The van der Waals surface area contributed by atoms with Gasteiger partial charge in [0.05, 0.1) is 0 Å². The van der Waals surface area contributed by atoms with Crippen molar-refractivity contribution in [1.29, 1.82) is 0 Å². The van der Waals surface area contributed by atoms with Gasteiger partial charge in [-0.3, -0.25) is 0 Å². The average Bonchev–Trinajstić information content (AvgIpc) is 3.02.